The molecule has 1 aliphatic heterocycles. The lowest BCUT2D eigenvalue weighted by Gasteiger charge is -2.28. The molecule has 6 nitrogen and oxygen atoms in total. The summed E-state index contributed by atoms with van der Waals surface area (Å²) in [6, 6.07) is 19.3. The molecule has 0 radical (unpaired) electrons. The standard InChI is InChI=1S/C28H33N3O3.ClH/c1-4-17-34-26-16-14-20-9-5-7-11-22(20)23(26)18-31-25-12-8-6-10-21(25)13-15-24(28(31)33)30-27(32)19(2)29-3;/h5-12,14,16,19,24,29H,4,13,15,17-18H2,1-3H3,(H,30,32);1H/t19-,24-;/m0./s1. The van der Waals surface area contributed by atoms with Crippen molar-refractivity contribution in [2.24, 2.45) is 0 Å². The molecule has 3 aromatic carbocycles. The van der Waals surface area contributed by atoms with Crippen LogP contribution in [0.25, 0.3) is 10.8 Å². The number of fused-ring (bicyclic) bond motifs is 2. The molecule has 4 rings (SSSR count). The maximum atomic E-state index is 13.9. The van der Waals surface area contributed by atoms with E-state index in [0.717, 1.165) is 39.8 Å². The molecule has 1 heterocycles. The third kappa shape index (κ3) is 5.77. The number of ether oxygens (including phenoxy) is 1. The summed E-state index contributed by atoms with van der Waals surface area (Å²) in [5, 5.41) is 8.09. The Hall–Kier alpha value is -3.09. The van der Waals surface area contributed by atoms with E-state index in [9.17, 15) is 9.59 Å². The van der Waals surface area contributed by atoms with Gasteiger partial charge in [0.2, 0.25) is 11.8 Å². The van der Waals surface area contributed by atoms with E-state index in [4.69, 9.17) is 4.74 Å². The second kappa shape index (κ2) is 12.0. The fourth-order valence-corrected chi connectivity index (χ4v) is 4.42. The third-order valence-electron chi connectivity index (χ3n) is 6.47. The van der Waals surface area contributed by atoms with Crippen LogP contribution in [0.3, 0.4) is 0 Å². The number of hydrogen-bond donors (Lipinski definition) is 2. The molecule has 1 aliphatic rings. The van der Waals surface area contributed by atoms with Gasteiger partial charge in [0.25, 0.3) is 0 Å². The Morgan fingerprint density at radius 2 is 1.86 bits per heavy atom. The van der Waals surface area contributed by atoms with Crippen LogP contribution in [0.2, 0.25) is 0 Å². The number of carbonyl (C=O) groups excluding carboxylic acids is 2. The lowest BCUT2D eigenvalue weighted by Crippen LogP contribution is -2.52. The third-order valence-corrected chi connectivity index (χ3v) is 6.47. The van der Waals surface area contributed by atoms with Crippen molar-refractivity contribution in [3.8, 4) is 5.75 Å². The lowest BCUT2D eigenvalue weighted by molar-refractivity contribution is -0.128. The molecule has 0 fully saturated rings. The van der Waals surface area contributed by atoms with E-state index in [1.165, 1.54) is 0 Å². The highest BCUT2D eigenvalue weighted by Gasteiger charge is 2.33. The quantitative estimate of drug-likeness (QED) is 0.478. The maximum absolute atomic E-state index is 13.9. The fraction of sp³-hybridized carbons (Fsp3) is 0.357. The van der Waals surface area contributed by atoms with Crippen LogP contribution in [-0.2, 0) is 22.6 Å². The molecule has 0 aromatic heterocycles. The number of likely N-dealkylation sites (N-methyl/N-ethyl adjacent to an activating group) is 1. The number of rotatable bonds is 8. The predicted molar refractivity (Wildman–Crippen MR) is 143 cm³/mol. The first-order valence-electron chi connectivity index (χ1n) is 12.0. The average molecular weight is 496 g/mol. The Labute approximate surface area is 213 Å². The summed E-state index contributed by atoms with van der Waals surface area (Å²) in [6.07, 6.45) is 2.17. The summed E-state index contributed by atoms with van der Waals surface area (Å²) in [5.41, 5.74) is 2.97. The van der Waals surface area contributed by atoms with E-state index in [-0.39, 0.29) is 30.3 Å². The molecule has 0 saturated heterocycles. The van der Waals surface area contributed by atoms with Crippen molar-refractivity contribution < 1.29 is 14.3 Å². The molecule has 2 atom stereocenters. The number of para-hydroxylation sites is 1. The van der Waals surface area contributed by atoms with Gasteiger partial charge < -0.3 is 20.3 Å². The van der Waals surface area contributed by atoms with E-state index in [1.54, 1.807) is 14.0 Å². The van der Waals surface area contributed by atoms with Crippen LogP contribution in [0.1, 0.15) is 37.8 Å². The van der Waals surface area contributed by atoms with Gasteiger partial charge in [-0.25, -0.2) is 0 Å². The molecule has 0 aliphatic carbocycles. The van der Waals surface area contributed by atoms with Gasteiger partial charge in [0.15, 0.2) is 0 Å². The molecule has 2 amide bonds. The highest BCUT2D eigenvalue weighted by Crippen LogP contribution is 2.34. The summed E-state index contributed by atoms with van der Waals surface area (Å²) >= 11 is 0. The van der Waals surface area contributed by atoms with Crippen molar-refractivity contribution in [1.29, 1.82) is 0 Å². The zero-order valence-corrected chi connectivity index (χ0v) is 21.4. The van der Waals surface area contributed by atoms with Crippen LogP contribution in [0.5, 0.6) is 5.75 Å². The van der Waals surface area contributed by atoms with Crippen molar-refractivity contribution in [3.05, 3.63) is 71.8 Å². The van der Waals surface area contributed by atoms with Crippen LogP contribution in [0.4, 0.5) is 5.69 Å². The van der Waals surface area contributed by atoms with Gasteiger partial charge in [0.1, 0.15) is 11.8 Å². The Morgan fingerprint density at radius 3 is 2.63 bits per heavy atom. The van der Waals surface area contributed by atoms with Gasteiger partial charge in [-0.1, -0.05) is 55.5 Å². The van der Waals surface area contributed by atoms with Crippen LogP contribution >= 0.6 is 12.4 Å². The topological polar surface area (TPSA) is 70.7 Å². The molecule has 0 bridgehead atoms. The number of anilines is 1. The van der Waals surface area contributed by atoms with Gasteiger partial charge in [0, 0.05) is 11.3 Å². The SMILES string of the molecule is CCCOc1ccc2ccccc2c1CN1C(=O)[C@@H](NC(=O)[C@H](C)NC)CCc2ccccc21.Cl. The summed E-state index contributed by atoms with van der Waals surface area (Å²) < 4.78 is 6.11. The maximum Gasteiger partial charge on any atom is 0.249 e. The Balaban J connectivity index is 0.00000342. The molecule has 0 saturated carbocycles. The normalized spacial score (nSPS) is 16.1. The molecule has 0 unspecified atom stereocenters. The second-order valence-corrected chi connectivity index (χ2v) is 8.78. The predicted octanol–water partition coefficient (Wildman–Crippen LogP) is 4.62. The second-order valence-electron chi connectivity index (χ2n) is 8.78. The molecular weight excluding hydrogens is 462 g/mol. The zero-order chi connectivity index (χ0) is 24.1. The first kappa shape index (κ1) is 26.5. The van der Waals surface area contributed by atoms with Gasteiger partial charge >= 0.3 is 0 Å². The van der Waals surface area contributed by atoms with Crippen LogP contribution in [0, 0.1) is 0 Å². The molecular formula is C28H34ClN3O3. The number of nitrogens with zero attached hydrogens (tertiary/aromatic N) is 1. The number of nitrogens with one attached hydrogen (secondary N) is 2. The van der Waals surface area contributed by atoms with Crippen molar-refractivity contribution >= 4 is 40.7 Å². The number of amides is 2. The van der Waals surface area contributed by atoms with E-state index in [1.807, 2.05) is 41.3 Å². The number of carbonyl (C=O) groups is 2. The minimum Gasteiger partial charge on any atom is -0.493 e. The van der Waals surface area contributed by atoms with Crippen molar-refractivity contribution in [1.82, 2.24) is 10.6 Å². The largest absolute Gasteiger partial charge is 0.493 e. The minimum absolute atomic E-state index is 0. The lowest BCUT2D eigenvalue weighted by atomic mass is 10.0. The van der Waals surface area contributed by atoms with Gasteiger partial charge in [-0.3, -0.25) is 9.59 Å². The number of aryl methyl sites for hydroxylation is 1. The van der Waals surface area contributed by atoms with Crippen molar-refractivity contribution in [3.63, 3.8) is 0 Å². The van der Waals surface area contributed by atoms with E-state index < -0.39 is 6.04 Å². The minimum atomic E-state index is -0.592. The van der Waals surface area contributed by atoms with Crippen LogP contribution in [0.15, 0.2) is 60.7 Å². The zero-order valence-electron chi connectivity index (χ0n) is 20.5. The molecule has 0 spiro atoms. The molecule has 7 heteroatoms. The summed E-state index contributed by atoms with van der Waals surface area (Å²) in [6.45, 7) is 4.84. The Bertz CT molecular complexity index is 1180. The summed E-state index contributed by atoms with van der Waals surface area (Å²) in [7, 11) is 1.74. The number of halogens is 1. The summed E-state index contributed by atoms with van der Waals surface area (Å²) in [5.74, 6) is 0.513. The molecule has 2 N–H and O–H groups in total. The highest BCUT2D eigenvalue weighted by atomic mass is 35.5. The smallest absolute Gasteiger partial charge is 0.249 e. The Morgan fingerprint density at radius 1 is 1.11 bits per heavy atom. The Kier molecular flexibility index (Phi) is 9.13. The van der Waals surface area contributed by atoms with Gasteiger partial charge in [-0.2, -0.15) is 0 Å². The van der Waals surface area contributed by atoms with E-state index >= 15 is 0 Å². The number of hydrogen-bond acceptors (Lipinski definition) is 4. The van der Waals surface area contributed by atoms with Crippen molar-refractivity contribution in [2.45, 2.75) is 51.7 Å². The van der Waals surface area contributed by atoms with E-state index in [0.29, 0.717) is 26.0 Å². The monoisotopic (exact) mass is 495 g/mol. The highest BCUT2D eigenvalue weighted by molar-refractivity contribution is 6.01. The fourth-order valence-electron chi connectivity index (χ4n) is 4.42. The summed E-state index contributed by atoms with van der Waals surface area (Å²) in [4.78, 5) is 28.3. The molecule has 35 heavy (non-hydrogen) atoms. The van der Waals surface area contributed by atoms with Crippen molar-refractivity contribution in [2.75, 3.05) is 18.6 Å². The van der Waals surface area contributed by atoms with E-state index in [2.05, 4.69) is 41.8 Å². The average Bonchev–Trinajstić information content (AvgIpc) is 2.99. The van der Waals surface area contributed by atoms with Crippen LogP contribution < -0.4 is 20.3 Å². The van der Waals surface area contributed by atoms with Crippen LogP contribution in [-0.4, -0.2) is 37.6 Å². The first-order valence-corrected chi connectivity index (χ1v) is 12.0. The molecule has 186 valence electrons. The molecule has 3 aromatic rings. The van der Waals surface area contributed by atoms with Gasteiger partial charge in [-0.05, 0) is 61.7 Å². The first-order chi connectivity index (χ1) is 16.5. The van der Waals surface area contributed by atoms with Gasteiger partial charge in [0.05, 0.1) is 19.2 Å². The number of benzene rings is 3. The van der Waals surface area contributed by atoms with Gasteiger partial charge in [-0.15, -0.1) is 12.4 Å².